The number of hydrogen-bond acceptors (Lipinski definition) is 6. The van der Waals surface area contributed by atoms with Crippen LogP contribution < -0.4 is 0 Å². The highest BCUT2D eigenvalue weighted by molar-refractivity contribution is 5.71. The van der Waals surface area contributed by atoms with Gasteiger partial charge in [-0.25, -0.2) is 0 Å². The first-order valence-corrected chi connectivity index (χ1v) is 29.8. The van der Waals surface area contributed by atoms with E-state index in [1.54, 1.807) is 0 Å². The van der Waals surface area contributed by atoms with Crippen molar-refractivity contribution in [1.29, 1.82) is 0 Å². The van der Waals surface area contributed by atoms with Crippen molar-refractivity contribution < 1.29 is 28.6 Å². The monoisotopic (exact) mass is 987 g/mol. The SMILES string of the molecule is CC/C=C\C/C=C\C/C=C\C/C=C\C/C=C\CCCC(=O)OCC(COC(=O)CCCCCCC\C=C/C=C\C=C/CCCCCCC)OC(=O)CCCCCCCCCCCCCCCCCCCC. The van der Waals surface area contributed by atoms with Crippen molar-refractivity contribution in [2.75, 3.05) is 13.2 Å². The van der Waals surface area contributed by atoms with Crippen LogP contribution in [0.25, 0.3) is 0 Å². The average Bonchev–Trinajstić information content (AvgIpc) is 3.37. The molecule has 0 saturated carbocycles. The van der Waals surface area contributed by atoms with Gasteiger partial charge < -0.3 is 14.2 Å². The van der Waals surface area contributed by atoms with E-state index in [-0.39, 0.29) is 37.5 Å². The van der Waals surface area contributed by atoms with Gasteiger partial charge in [-0.1, -0.05) is 272 Å². The zero-order valence-corrected chi connectivity index (χ0v) is 46.5. The topological polar surface area (TPSA) is 78.9 Å². The fourth-order valence-corrected chi connectivity index (χ4v) is 8.19. The molecule has 0 spiro atoms. The minimum atomic E-state index is -0.809. The molecule has 0 amide bonds. The van der Waals surface area contributed by atoms with Crippen LogP contribution in [-0.4, -0.2) is 37.2 Å². The van der Waals surface area contributed by atoms with E-state index in [1.165, 1.54) is 128 Å². The van der Waals surface area contributed by atoms with E-state index in [9.17, 15) is 14.4 Å². The Hall–Kier alpha value is -3.67. The van der Waals surface area contributed by atoms with E-state index in [1.807, 2.05) is 0 Å². The number of rotatable bonds is 53. The molecule has 0 aromatic carbocycles. The van der Waals surface area contributed by atoms with Crippen molar-refractivity contribution in [3.8, 4) is 0 Å². The molecule has 0 fully saturated rings. The van der Waals surface area contributed by atoms with Gasteiger partial charge in [0.1, 0.15) is 13.2 Å². The van der Waals surface area contributed by atoms with Gasteiger partial charge in [-0.2, -0.15) is 0 Å². The molecule has 0 aromatic rings. The summed E-state index contributed by atoms with van der Waals surface area (Å²) in [5.74, 6) is -0.975. The molecule has 1 unspecified atom stereocenters. The number of allylic oxidation sites excluding steroid dienone is 16. The number of hydrogen-bond donors (Lipinski definition) is 0. The van der Waals surface area contributed by atoms with Gasteiger partial charge in [-0.05, 0) is 83.5 Å². The summed E-state index contributed by atoms with van der Waals surface area (Å²) in [5, 5.41) is 0. The van der Waals surface area contributed by atoms with E-state index in [2.05, 4.69) is 118 Å². The van der Waals surface area contributed by atoms with Crippen molar-refractivity contribution >= 4 is 17.9 Å². The number of unbranched alkanes of at least 4 members (excludes halogenated alkanes) is 28. The summed E-state index contributed by atoms with van der Waals surface area (Å²) >= 11 is 0. The van der Waals surface area contributed by atoms with Gasteiger partial charge in [0.2, 0.25) is 0 Å². The zero-order valence-electron chi connectivity index (χ0n) is 46.5. The standard InChI is InChI=1S/C65H110O6/c1-4-7-10-13-16-19-22-25-28-31-34-37-40-43-46-49-52-55-58-64(67)70-61-62(60-69-63(66)57-54-51-48-45-42-39-36-33-30-27-24-21-18-15-12-9-6-3)71-65(68)59-56-53-50-47-44-41-38-35-32-29-26-23-20-17-14-11-8-5-2/h9,12,18,21-22,25,27-28,30-31,34,36-37,39,45,48,62H,4-8,10-11,13-17,19-20,23-24,26,29,32-33,35,38,40-44,46-47,49-61H2,1-3H3/b12-9-,21-18-,25-22-,30-27-,31-28-,37-34-,39-36-,48-45-. The molecule has 0 N–H and O–H groups in total. The quantitative estimate of drug-likeness (QED) is 0.0199. The van der Waals surface area contributed by atoms with Crippen molar-refractivity contribution in [3.63, 3.8) is 0 Å². The summed E-state index contributed by atoms with van der Waals surface area (Å²) in [6, 6.07) is 0. The first-order chi connectivity index (χ1) is 35.0. The second-order valence-corrected chi connectivity index (χ2v) is 19.6. The lowest BCUT2D eigenvalue weighted by atomic mass is 10.0. The number of esters is 3. The number of ether oxygens (including phenoxy) is 3. The third-order valence-corrected chi connectivity index (χ3v) is 12.6. The van der Waals surface area contributed by atoms with Gasteiger partial charge in [-0.3, -0.25) is 14.4 Å². The Balaban J connectivity index is 4.49. The predicted octanol–water partition coefficient (Wildman–Crippen LogP) is 20.1. The van der Waals surface area contributed by atoms with Crippen LogP contribution >= 0.6 is 0 Å². The summed E-state index contributed by atoms with van der Waals surface area (Å²) in [5.41, 5.74) is 0. The largest absolute Gasteiger partial charge is 0.462 e. The molecule has 0 bridgehead atoms. The molecule has 0 aliphatic rings. The first-order valence-electron chi connectivity index (χ1n) is 29.8. The second kappa shape index (κ2) is 58.9. The molecule has 0 aliphatic heterocycles. The molecule has 0 saturated heterocycles. The minimum absolute atomic E-state index is 0.105. The molecule has 0 rings (SSSR count). The van der Waals surface area contributed by atoms with Gasteiger partial charge in [0.25, 0.3) is 0 Å². The number of carbonyl (C=O) groups is 3. The van der Waals surface area contributed by atoms with Crippen molar-refractivity contribution in [3.05, 3.63) is 97.2 Å². The van der Waals surface area contributed by atoms with Gasteiger partial charge in [0, 0.05) is 19.3 Å². The molecule has 0 aromatic heterocycles. The molecule has 1 atom stereocenters. The molecule has 71 heavy (non-hydrogen) atoms. The van der Waals surface area contributed by atoms with Gasteiger partial charge in [0.05, 0.1) is 0 Å². The third-order valence-electron chi connectivity index (χ3n) is 12.6. The summed E-state index contributed by atoms with van der Waals surface area (Å²) in [6.45, 7) is 6.47. The summed E-state index contributed by atoms with van der Waals surface area (Å²) < 4.78 is 16.8. The predicted molar refractivity (Wildman–Crippen MR) is 307 cm³/mol. The first kappa shape index (κ1) is 67.3. The molecule has 6 heteroatoms. The highest BCUT2D eigenvalue weighted by atomic mass is 16.6. The van der Waals surface area contributed by atoms with Crippen LogP contribution in [-0.2, 0) is 28.6 Å². The van der Waals surface area contributed by atoms with Crippen molar-refractivity contribution in [1.82, 2.24) is 0 Å². The second-order valence-electron chi connectivity index (χ2n) is 19.6. The van der Waals surface area contributed by atoms with Crippen LogP contribution in [0.15, 0.2) is 97.2 Å². The highest BCUT2D eigenvalue weighted by Gasteiger charge is 2.19. The maximum atomic E-state index is 12.9. The van der Waals surface area contributed by atoms with Gasteiger partial charge >= 0.3 is 17.9 Å². The van der Waals surface area contributed by atoms with E-state index < -0.39 is 6.10 Å². The Morgan fingerprint density at radius 3 is 1.01 bits per heavy atom. The Labute approximate surface area is 438 Å². The zero-order chi connectivity index (χ0) is 51.4. The maximum absolute atomic E-state index is 12.9. The summed E-state index contributed by atoms with van der Waals surface area (Å²) in [7, 11) is 0. The minimum Gasteiger partial charge on any atom is -0.462 e. The Morgan fingerprint density at radius 2 is 0.620 bits per heavy atom. The van der Waals surface area contributed by atoms with E-state index in [4.69, 9.17) is 14.2 Å². The number of carbonyl (C=O) groups excluding carboxylic acids is 3. The smallest absolute Gasteiger partial charge is 0.306 e. The van der Waals surface area contributed by atoms with Crippen LogP contribution in [0.1, 0.15) is 278 Å². The molecular formula is C65H110O6. The maximum Gasteiger partial charge on any atom is 0.306 e. The fraction of sp³-hybridized carbons (Fsp3) is 0.708. The van der Waals surface area contributed by atoms with Crippen LogP contribution in [0.2, 0.25) is 0 Å². The molecule has 6 nitrogen and oxygen atoms in total. The summed E-state index contributed by atoms with van der Waals surface area (Å²) in [6.07, 6.45) is 78.3. The van der Waals surface area contributed by atoms with Crippen LogP contribution in [0.4, 0.5) is 0 Å². The van der Waals surface area contributed by atoms with Gasteiger partial charge in [0.15, 0.2) is 6.10 Å². The van der Waals surface area contributed by atoms with E-state index in [0.29, 0.717) is 19.3 Å². The lowest BCUT2D eigenvalue weighted by molar-refractivity contribution is -0.167. The Kier molecular flexibility index (Phi) is 55.9. The normalized spacial score (nSPS) is 12.8. The average molecular weight is 988 g/mol. The van der Waals surface area contributed by atoms with Crippen LogP contribution in [0.5, 0.6) is 0 Å². The molecule has 0 heterocycles. The third kappa shape index (κ3) is 57.1. The van der Waals surface area contributed by atoms with E-state index >= 15 is 0 Å². The fourth-order valence-electron chi connectivity index (χ4n) is 8.19. The van der Waals surface area contributed by atoms with Gasteiger partial charge in [-0.15, -0.1) is 0 Å². The van der Waals surface area contributed by atoms with E-state index in [0.717, 1.165) is 103 Å². The van der Waals surface area contributed by atoms with Crippen molar-refractivity contribution in [2.24, 2.45) is 0 Å². The molecule has 0 aliphatic carbocycles. The molecular weight excluding hydrogens is 877 g/mol. The van der Waals surface area contributed by atoms with Crippen molar-refractivity contribution in [2.45, 2.75) is 284 Å². The van der Waals surface area contributed by atoms with Crippen LogP contribution in [0.3, 0.4) is 0 Å². The highest BCUT2D eigenvalue weighted by Crippen LogP contribution is 2.16. The Morgan fingerprint density at radius 1 is 0.310 bits per heavy atom. The summed E-state index contributed by atoms with van der Waals surface area (Å²) in [4.78, 5) is 38.2. The lowest BCUT2D eigenvalue weighted by Gasteiger charge is -2.18. The molecule has 0 radical (unpaired) electrons. The lowest BCUT2D eigenvalue weighted by Crippen LogP contribution is -2.30. The molecule has 406 valence electrons. The van der Waals surface area contributed by atoms with Crippen LogP contribution in [0, 0.1) is 0 Å². The Bertz CT molecular complexity index is 1410.